The summed E-state index contributed by atoms with van der Waals surface area (Å²) < 4.78 is 5.47. The standard InChI is InChI=1S/C18H24ClN3O3/c19-16-2-1-13(17(7-16)21-3-5-25-6-4-21)8-20-9-14-11-22(18(23)24)12-15(14)10-20/h1-2,7,14-15H,3-6,8-12H2,(H,23,24). The zero-order valence-electron chi connectivity index (χ0n) is 14.2. The predicted molar refractivity (Wildman–Crippen MR) is 96.3 cm³/mol. The number of nitrogens with zero attached hydrogens (tertiary/aromatic N) is 3. The van der Waals surface area contributed by atoms with Crippen LogP contribution in [0, 0.1) is 11.8 Å². The molecule has 2 atom stereocenters. The first-order valence-electron chi connectivity index (χ1n) is 8.91. The SMILES string of the molecule is O=C(O)N1CC2CN(Cc3ccc(Cl)cc3N3CCOCC3)CC2C1. The Bertz CT molecular complexity index is 636. The minimum atomic E-state index is -0.784. The number of hydrogen-bond acceptors (Lipinski definition) is 4. The number of rotatable bonds is 3. The van der Waals surface area contributed by atoms with Crippen LogP contribution in [0.3, 0.4) is 0 Å². The smallest absolute Gasteiger partial charge is 0.407 e. The van der Waals surface area contributed by atoms with Crippen molar-refractivity contribution in [3.8, 4) is 0 Å². The van der Waals surface area contributed by atoms with Crippen molar-refractivity contribution in [1.82, 2.24) is 9.80 Å². The Morgan fingerprint density at radius 3 is 2.48 bits per heavy atom. The van der Waals surface area contributed by atoms with Crippen LogP contribution in [0.4, 0.5) is 10.5 Å². The number of likely N-dealkylation sites (tertiary alicyclic amines) is 2. The van der Waals surface area contributed by atoms with Gasteiger partial charge >= 0.3 is 6.09 Å². The summed E-state index contributed by atoms with van der Waals surface area (Å²) in [6.45, 7) is 7.48. The van der Waals surface area contributed by atoms with Crippen LogP contribution in [-0.4, -0.2) is 73.5 Å². The number of anilines is 1. The number of fused-ring (bicyclic) bond motifs is 1. The second-order valence-corrected chi connectivity index (χ2v) is 7.71. The van der Waals surface area contributed by atoms with E-state index in [4.69, 9.17) is 21.4 Å². The highest BCUT2D eigenvalue weighted by atomic mass is 35.5. The topological polar surface area (TPSA) is 56.2 Å². The Morgan fingerprint density at radius 1 is 1.16 bits per heavy atom. The number of morpholine rings is 1. The third-order valence-electron chi connectivity index (χ3n) is 5.63. The number of carbonyl (C=O) groups is 1. The molecule has 3 saturated heterocycles. The second kappa shape index (κ2) is 7.02. The van der Waals surface area contributed by atoms with Gasteiger partial charge in [0.2, 0.25) is 0 Å². The minimum absolute atomic E-state index is 0.468. The highest BCUT2D eigenvalue weighted by Gasteiger charge is 2.41. The van der Waals surface area contributed by atoms with Gasteiger partial charge in [-0.1, -0.05) is 17.7 Å². The fraction of sp³-hybridized carbons (Fsp3) is 0.611. The molecule has 1 aromatic carbocycles. The molecule has 0 aromatic heterocycles. The molecule has 0 bridgehead atoms. The number of carboxylic acid groups (broad SMARTS) is 1. The van der Waals surface area contributed by atoms with E-state index in [2.05, 4.69) is 21.9 Å². The van der Waals surface area contributed by atoms with Gasteiger partial charge in [0.05, 0.1) is 13.2 Å². The van der Waals surface area contributed by atoms with Crippen LogP contribution in [0.25, 0.3) is 0 Å². The van der Waals surface area contributed by atoms with Gasteiger partial charge in [-0.25, -0.2) is 4.79 Å². The fourth-order valence-electron chi connectivity index (χ4n) is 4.39. The first-order chi connectivity index (χ1) is 12.1. The zero-order valence-corrected chi connectivity index (χ0v) is 15.0. The molecule has 4 rings (SSSR count). The van der Waals surface area contributed by atoms with E-state index in [1.54, 1.807) is 4.90 Å². The van der Waals surface area contributed by atoms with Crippen LogP contribution in [-0.2, 0) is 11.3 Å². The molecule has 3 fully saturated rings. The fourth-order valence-corrected chi connectivity index (χ4v) is 4.55. The van der Waals surface area contributed by atoms with Crippen molar-refractivity contribution < 1.29 is 14.6 Å². The first-order valence-corrected chi connectivity index (χ1v) is 9.29. The molecule has 0 radical (unpaired) electrons. The lowest BCUT2D eigenvalue weighted by Crippen LogP contribution is -2.37. The molecule has 0 spiro atoms. The van der Waals surface area contributed by atoms with Crippen molar-refractivity contribution in [2.24, 2.45) is 11.8 Å². The van der Waals surface area contributed by atoms with E-state index in [0.29, 0.717) is 24.9 Å². The Morgan fingerprint density at radius 2 is 1.84 bits per heavy atom. The van der Waals surface area contributed by atoms with Gasteiger partial charge in [-0.3, -0.25) is 4.90 Å². The van der Waals surface area contributed by atoms with Gasteiger partial charge in [0.15, 0.2) is 0 Å². The van der Waals surface area contributed by atoms with Crippen LogP contribution < -0.4 is 4.90 Å². The largest absolute Gasteiger partial charge is 0.465 e. The highest BCUT2D eigenvalue weighted by molar-refractivity contribution is 6.30. The molecule has 136 valence electrons. The van der Waals surface area contributed by atoms with Gasteiger partial charge in [0.25, 0.3) is 0 Å². The van der Waals surface area contributed by atoms with Crippen molar-refractivity contribution in [2.45, 2.75) is 6.54 Å². The van der Waals surface area contributed by atoms with Gasteiger partial charge in [-0.2, -0.15) is 0 Å². The molecule has 25 heavy (non-hydrogen) atoms. The molecule has 3 heterocycles. The molecular formula is C18H24ClN3O3. The molecule has 3 aliphatic heterocycles. The first kappa shape index (κ1) is 16.9. The van der Waals surface area contributed by atoms with E-state index in [1.165, 1.54) is 11.3 Å². The molecule has 2 unspecified atom stereocenters. The van der Waals surface area contributed by atoms with Crippen molar-refractivity contribution >= 4 is 23.4 Å². The minimum Gasteiger partial charge on any atom is -0.465 e. The lowest BCUT2D eigenvalue weighted by Gasteiger charge is -2.32. The van der Waals surface area contributed by atoms with Crippen molar-refractivity contribution in [3.63, 3.8) is 0 Å². The van der Waals surface area contributed by atoms with Crippen molar-refractivity contribution in [1.29, 1.82) is 0 Å². The van der Waals surface area contributed by atoms with Crippen LogP contribution >= 0.6 is 11.6 Å². The summed E-state index contributed by atoms with van der Waals surface area (Å²) in [5.74, 6) is 0.936. The maximum absolute atomic E-state index is 11.1. The van der Waals surface area contributed by atoms with Gasteiger partial charge < -0.3 is 19.6 Å². The number of benzene rings is 1. The Labute approximate surface area is 152 Å². The lowest BCUT2D eigenvalue weighted by atomic mass is 10.0. The van der Waals surface area contributed by atoms with Gasteiger partial charge in [-0.15, -0.1) is 0 Å². The summed E-state index contributed by atoms with van der Waals surface area (Å²) >= 11 is 6.24. The maximum Gasteiger partial charge on any atom is 0.407 e. The maximum atomic E-state index is 11.1. The normalized spacial score (nSPS) is 26.9. The summed E-state index contributed by atoms with van der Waals surface area (Å²) in [5, 5.41) is 9.92. The van der Waals surface area contributed by atoms with Gasteiger partial charge in [0, 0.05) is 56.5 Å². The van der Waals surface area contributed by atoms with Crippen LogP contribution in [0.5, 0.6) is 0 Å². The summed E-state index contributed by atoms with van der Waals surface area (Å²) in [7, 11) is 0. The highest BCUT2D eigenvalue weighted by Crippen LogP contribution is 2.34. The Kier molecular flexibility index (Phi) is 4.75. The third kappa shape index (κ3) is 3.57. The van der Waals surface area contributed by atoms with Gasteiger partial charge in [0.1, 0.15) is 0 Å². The van der Waals surface area contributed by atoms with Gasteiger partial charge in [-0.05, 0) is 29.5 Å². The summed E-state index contributed by atoms with van der Waals surface area (Å²) in [4.78, 5) is 17.5. The summed E-state index contributed by atoms with van der Waals surface area (Å²) in [5.41, 5.74) is 2.50. The number of amides is 1. The quantitative estimate of drug-likeness (QED) is 0.890. The van der Waals surface area contributed by atoms with Crippen LogP contribution in [0.2, 0.25) is 5.02 Å². The van der Waals surface area contributed by atoms with Crippen LogP contribution in [0.15, 0.2) is 18.2 Å². The van der Waals surface area contributed by atoms with E-state index in [1.807, 2.05) is 6.07 Å². The van der Waals surface area contributed by atoms with Crippen molar-refractivity contribution in [3.05, 3.63) is 28.8 Å². The molecule has 1 N–H and O–H groups in total. The van der Waals surface area contributed by atoms with E-state index >= 15 is 0 Å². The third-order valence-corrected chi connectivity index (χ3v) is 5.86. The summed E-state index contributed by atoms with van der Waals surface area (Å²) in [6.07, 6.45) is -0.784. The Balaban J connectivity index is 1.44. The number of ether oxygens (including phenoxy) is 1. The van der Waals surface area contributed by atoms with Crippen LogP contribution in [0.1, 0.15) is 5.56 Å². The van der Waals surface area contributed by atoms with E-state index in [-0.39, 0.29) is 0 Å². The predicted octanol–water partition coefficient (Wildman–Crippen LogP) is 2.22. The second-order valence-electron chi connectivity index (χ2n) is 7.27. The molecule has 3 aliphatic rings. The average molecular weight is 366 g/mol. The molecule has 6 nitrogen and oxygen atoms in total. The summed E-state index contributed by atoms with van der Waals surface area (Å²) in [6, 6.07) is 6.15. The molecule has 1 aromatic rings. The molecule has 0 saturated carbocycles. The zero-order chi connectivity index (χ0) is 17.4. The lowest BCUT2D eigenvalue weighted by molar-refractivity contribution is 0.122. The van der Waals surface area contributed by atoms with E-state index in [0.717, 1.165) is 51.0 Å². The number of hydrogen-bond donors (Lipinski definition) is 1. The molecule has 1 amide bonds. The van der Waals surface area contributed by atoms with E-state index < -0.39 is 6.09 Å². The Hall–Kier alpha value is -1.50. The molecular weight excluding hydrogens is 342 g/mol. The monoisotopic (exact) mass is 365 g/mol. The number of halogens is 1. The molecule has 0 aliphatic carbocycles. The molecule has 7 heteroatoms. The average Bonchev–Trinajstić information content (AvgIpc) is 3.16. The van der Waals surface area contributed by atoms with Crippen molar-refractivity contribution in [2.75, 3.05) is 57.4 Å². The van der Waals surface area contributed by atoms with E-state index in [9.17, 15) is 4.79 Å².